The molecule has 6 heteroatoms. The van der Waals surface area contributed by atoms with Crippen molar-refractivity contribution in [3.63, 3.8) is 0 Å². The molecule has 2 rings (SSSR count). The number of rotatable bonds is 2. The largest absolute Gasteiger partial charge is 0.481 e. The maximum Gasteiger partial charge on any atom is 0.314 e. The predicted octanol–water partition coefficient (Wildman–Crippen LogP) is 2.13. The average Bonchev–Trinajstić information content (AvgIpc) is 2.51. The Morgan fingerprint density at radius 3 is 2.55 bits per heavy atom. The number of halogens is 1. The first kappa shape index (κ1) is 16.5. The Balaban J connectivity index is 0.000000246. The number of hydrogen-bond acceptors (Lipinski definition) is 3. The molecular formula is C14H18ClNO4. The minimum absolute atomic E-state index is 0.580. The van der Waals surface area contributed by atoms with Crippen LogP contribution in [0.5, 0.6) is 0 Å². The van der Waals surface area contributed by atoms with Crippen LogP contribution in [0.3, 0.4) is 0 Å². The number of carbonyl (C=O) groups is 2. The molecule has 1 aliphatic heterocycles. The first-order valence-corrected chi connectivity index (χ1v) is 6.70. The first-order valence-electron chi connectivity index (χ1n) is 6.32. The minimum atomic E-state index is -1.31. The van der Waals surface area contributed by atoms with Crippen molar-refractivity contribution < 1.29 is 19.8 Å². The van der Waals surface area contributed by atoms with Crippen LogP contribution in [0.15, 0.2) is 18.2 Å². The van der Waals surface area contributed by atoms with Gasteiger partial charge in [0.15, 0.2) is 0 Å². The standard InChI is InChI=1S/C11H14ClN.C3H4O4/c1-8-7-13-5-4-9-2-3-10(12)6-11(8)9;4-2(5)1-3(6)7/h2-3,6,8,13H,4-5,7H2,1H3;1H2,(H,4,5)(H,6,7)/t8-;/m0./s1. The van der Waals surface area contributed by atoms with E-state index in [-0.39, 0.29) is 0 Å². The molecule has 0 saturated heterocycles. The van der Waals surface area contributed by atoms with Crippen molar-refractivity contribution in [2.45, 2.75) is 25.7 Å². The van der Waals surface area contributed by atoms with Gasteiger partial charge in [0.05, 0.1) is 0 Å². The maximum absolute atomic E-state index is 9.43. The van der Waals surface area contributed by atoms with E-state index in [0.717, 1.165) is 24.5 Å². The zero-order chi connectivity index (χ0) is 15.1. The van der Waals surface area contributed by atoms with Crippen LogP contribution in [0, 0.1) is 0 Å². The second-order valence-electron chi connectivity index (χ2n) is 4.66. The summed E-state index contributed by atoms with van der Waals surface area (Å²) in [5.41, 5.74) is 2.86. The fourth-order valence-electron chi connectivity index (χ4n) is 2.03. The first-order chi connectivity index (χ1) is 9.40. The molecule has 20 heavy (non-hydrogen) atoms. The number of hydrogen-bond donors (Lipinski definition) is 3. The highest BCUT2D eigenvalue weighted by molar-refractivity contribution is 6.30. The van der Waals surface area contributed by atoms with E-state index in [2.05, 4.69) is 24.4 Å². The number of benzene rings is 1. The Bertz CT molecular complexity index is 478. The number of aliphatic carboxylic acids is 2. The zero-order valence-electron chi connectivity index (χ0n) is 11.2. The van der Waals surface area contributed by atoms with Gasteiger partial charge in [-0.25, -0.2) is 0 Å². The summed E-state index contributed by atoms with van der Waals surface area (Å²) in [7, 11) is 0. The molecule has 0 fully saturated rings. The summed E-state index contributed by atoms with van der Waals surface area (Å²) >= 11 is 5.97. The number of fused-ring (bicyclic) bond motifs is 1. The molecule has 5 nitrogen and oxygen atoms in total. The lowest BCUT2D eigenvalue weighted by Gasteiger charge is -2.11. The van der Waals surface area contributed by atoms with Gasteiger partial charge < -0.3 is 15.5 Å². The molecule has 3 N–H and O–H groups in total. The number of nitrogens with one attached hydrogen (secondary N) is 1. The highest BCUT2D eigenvalue weighted by Gasteiger charge is 2.13. The van der Waals surface area contributed by atoms with Crippen LogP contribution in [0.4, 0.5) is 0 Å². The van der Waals surface area contributed by atoms with E-state index in [0.29, 0.717) is 5.92 Å². The average molecular weight is 300 g/mol. The SMILES string of the molecule is C[C@H]1CNCCc2ccc(Cl)cc21.O=C(O)CC(=O)O. The molecule has 0 aromatic heterocycles. The van der Waals surface area contributed by atoms with E-state index in [9.17, 15) is 9.59 Å². The van der Waals surface area contributed by atoms with Gasteiger partial charge in [-0.05, 0) is 42.1 Å². The monoisotopic (exact) mass is 299 g/mol. The van der Waals surface area contributed by atoms with Crippen molar-refractivity contribution in [2.24, 2.45) is 0 Å². The van der Waals surface area contributed by atoms with E-state index in [1.54, 1.807) is 0 Å². The molecular weight excluding hydrogens is 282 g/mol. The van der Waals surface area contributed by atoms with Crippen molar-refractivity contribution in [3.05, 3.63) is 34.3 Å². The smallest absolute Gasteiger partial charge is 0.314 e. The second kappa shape index (κ2) is 7.87. The fraction of sp³-hybridized carbons (Fsp3) is 0.429. The summed E-state index contributed by atoms with van der Waals surface area (Å²) in [6.07, 6.45) is 0.316. The predicted molar refractivity (Wildman–Crippen MR) is 76.3 cm³/mol. The summed E-state index contributed by atoms with van der Waals surface area (Å²) in [5.74, 6) is -2.05. The Morgan fingerprint density at radius 2 is 2.00 bits per heavy atom. The van der Waals surface area contributed by atoms with Crippen LogP contribution in [-0.2, 0) is 16.0 Å². The van der Waals surface area contributed by atoms with Gasteiger partial charge in [0.25, 0.3) is 0 Å². The fourth-order valence-corrected chi connectivity index (χ4v) is 2.21. The Hall–Kier alpha value is -1.59. The van der Waals surface area contributed by atoms with E-state index >= 15 is 0 Å². The molecule has 0 saturated carbocycles. The van der Waals surface area contributed by atoms with Gasteiger partial charge in [-0.15, -0.1) is 0 Å². The van der Waals surface area contributed by atoms with E-state index < -0.39 is 18.4 Å². The van der Waals surface area contributed by atoms with E-state index in [4.69, 9.17) is 21.8 Å². The van der Waals surface area contributed by atoms with Crippen molar-refractivity contribution in [1.29, 1.82) is 0 Å². The molecule has 0 radical (unpaired) electrons. The molecule has 0 aliphatic carbocycles. The third-order valence-corrected chi connectivity index (χ3v) is 3.20. The topological polar surface area (TPSA) is 86.6 Å². The summed E-state index contributed by atoms with van der Waals surface area (Å²) in [5, 5.41) is 19.7. The summed E-state index contributed by atoms with van der Waals surface area (Å²) in [6, 6.07) is 6.24. The van der Waals surface area contributed by atoms with Gasteiger partial charge in [0, 0.05) is 11.6 Å². The van der Waals surface area contributed by atoms with Crippen LogP contribution in [-0.4, -0.2) is 35.2 Å². The van der Waals surface area contributed by atoms with Crippen LogP contribution in [0.2, 0.25) is 5.02 Å². The quantitative estimate of drug-likeness (QED) is 0.728. The Morgan fingerprint density at radius 1 is 1.35 bits per heavy atom. The summed E-state index contributed by atoms with van der Waals surface area (Å²) in [4.78, 5) is 18.9. The Kier molecular flexibility index (Phi) is 6.48. The summed E-state index contributed by atoms with van der Waals surface area (Å²) in [6.45, 7) is 4.39. The zero-order valence-corrected chi connectivity index (χ0v) is 12.0. The normalized spacial score (nSPS) is 17.2. The molecule has 1 aromatic carbocycles. The van der Waals surface area contributed by atoms with Gasteiger partial charge in [-0.1, -0.05) is 24.6 Å². The van der Waals surface area contributed by atoms with Crippen LogP contribution < -0.4 is 5.32 Å². The third kappa shape index (κ3) is 5.59. The molecule has 1 heterocycles. The number of carboxylic acid groups (broad SMARTS) is 2. The van der Waals surface area contributed by atoms with Gasteiger partial charge in [-0.2, -0.15) is 0 Å². The molecule has 1 atom stereocenters. The molecule has 0 unspecified atom stereocenters. The highest BCUT2D eigenvalue weighted by atomic mass is 35.5. The van der Waals surface area contributed by atoms with E-state index in [1.165, 1.54) is 11.1 Å². The van der Waals surface area contributed by atoms with Gasteiger partial charge in [0.2, 0.25) is 0 Å². The van der Waals surface area contributed by atoms with Crippen molar-refractivity contribution in [2.75, 3.05) is 13.1 Å². The van der Waals surface area contributed by atoms with Gasteiger partial charge in [-0.3, -0.25) is 9.59 Å². The molecule has 110 valence electrons. The lowest BCUT2D eigenvalue weighted by molar-refractivity contribution is -0.147. The lowest BCUT2D eigenvalue weighted by atomic mass is 9.96. The highest BCUT2D eigenvalue weighted by Crippen LogP contribution is 2.25. The van der Waals surface area contributed by atoms with Crippen molar-refractivity contribution in [1.82, 2.24) is 5.32 Å². The third-order valence-electron chi connectivity index (χ3n) is 2.96. The van der Waals surface area contributed by atoms with Crippen LogP contribution in [0.1, 0.15) is 30.4 Å². The van der Waals surface area contributed by atoms with Gasteiger partial charge in [0.1, 0.15) is 6.42 Å². The summed E-state index contributed by atoms with van der Waals surface area (Å²) < 4.78 is 0. The van der Waals surface area contributed by atoms with Crippen molar-refractivity contribution >= 4 is 23.5 Å². The second-order valence-corrected chi connectivity index (χ2v) is 5.10. The van der Waals surface area contributed by atoms with Gasteiger partial charge >= 0.3 is 11.9 Å². The van der Waals surface area contributed by atoms with Crippen molar-refractivity contribution in [3.8, 4) is 0 Å². The van der Waals surface area contributed by atoms with Crippen LogP contribution >= 0.6 is 11.6 Å². The van der Waals surface area contributed by atoms with Crippen LogP contribution in [0.25, 0.3) is 0 Å². The number of carboxylic acids is 2. The van der Waals surface area contributed by atoms with E-state index in [1.807, 2.05) is 6.07 Å². The molecule has 0 bridgehead atoms. The minimum Gasteiger partial charge on any atom is -0.481 e. The lowest BCUT2D eigenvalue weighted by Crippen LogP contribution is -2.18. The molecule has 1 aromatic rings. The molecule has 1 aliphatic rings. The molecule has 0 spiro atoms. The Labute approximate surface area is 122 Å². The maximum atomic E-state index is 9.43. The molecule has 0 amide bonds.